The number of ether oxygens (including phenoxy) is 1. The van der Waals surface area contributed by atoms with Gasteiger partial charge in [-0.2, -0.15) is 5.10 Å². The maximum absolute atomic E-state index is 12.8. The number of nitrogens with one attached hydrogen (secondary N) is 2. The zero-order valence-corrected chi connectivity index (χ0v) is 15.0. The van der Waals surface area contributed by atoms with Crippen LogP contribution in [0.15, 0.2) is 29.0 Å². The summed E-state index contributed by atoms with van der Waals surface area (Å²) in [6.07, 6.45) is 3.32. The molecule has 27 heavy (non-hydrogen) atoms. The second-order valence-electron chi connectivity index (χ2n) is 6.23. The first-order chi connectivity index (χ1) is 13.0. The van der Waals surface area contributed by atoms with E-state index in [1.807, 2.05) is 0 Å². The number of carbonyl (C=O) groups is 2. The fourth-order valence-corrected chi connectivity index (χ4v) is 3.26. The molecule has 0 fully saturated rings. The second-order valence-corrected chi connectivity index (χ2v) is 6.23. The molecule has 4 heterocycles. The zero-order valence-electron chi connectivity index (χ0n) is 15.0. The minimum absolute atomic E-state index is 0.140. The summed E-state index contributed by atoms with van der Waals surface area (Å²) in [5.41, 5.74) is 0.983. The van der Waals surface area contributed by atoms with Gasteiger partial charge in [-0.05, 0) is 12.1 Å². The molecular formula is C17H18N6O4. The summed E-state index contributed by atoms with van der Waals surface area (Å²) in [7, 11) is 4.85. The van der Waals surface area contributed by atoms with E-state index in [9.17, 15) is 9.59 Å². The van der Waals surface area contributed by atoms with E-state index in [0.717, 1.165) is 0 Å². The number of anilines is 2. The van der Waals surface area contributed by atoms with Gasteiger partial charge in [0.05, 0.1) is 24.9 Å². The standard InChI is InChI=1S/C17H18N6O4/c1-22-8-10(17(21-22)26-3)16(25)19-14-13-9(11-5-4-6-27-11)7-12(24)18-15(13)23(2)20-14/h4-6,8-9H,7H2,1-3H3,(H,18,24)(H,19,20,25)/t9-/m0/s1. The van der Waals surface area contributed by atoms with Gasteiger partial charge in [-0.1, -0.05) is 0 Å². The third-order valence-corrected chi connectivity index (χ3v) is 4.43. The molecule has 0 aliphatic carbocycles. The number of hydrogen-bond acceptors (Lipinski definition) is 6. The second kappa shape index (κ2) is 6.31. The monoisotopic (exact) mass is 370 g/mol. The SMILES string of the molecule is COc1nn(C)cc1C(=O)Nc1nn(C)c2c1[C@H](c1ccco1)CC(=O)N2. The maximum atomic E-state index is 12.8. The minimum Gasteiger partial charge on any atom is -0.479 e. The lowest BCUT2D eigenvalue weighted by Gasteiger charge is -2.22. The van der Waals surface area contributed by atoms with Gasteiger partial charge < -0.3 is 19.8 Å². The van der Waals surface area contributed by atoms with Gasteiger partial charge in [-0.15, -0.1) is 5.10 Å². The highest BCUT2D eigenvalue weighted by Crippen LogP contribution is 2.41. The third-order valence-electron chi connectivity index (χ3n) is 4.43. The van der Waals surface area contributed by atoms with Crippen molar-refractivity contribution in [1.82, 2.24) is 19.6 Å². The van der Waals surface area contributed by atoms with Crippen LogP contribution in [0, 0.1) is 0 Å². The Morgan fingerprint density at radius 1 is 1.41 bits per heavy atom. The Bertz CT molecular complexity index is 1020. The molecule has 3 aromatic heterocycles. The molecule has 4 rings (SSSR count). The Balaban J connectivity index is 1.73. The van der Waals surface area contributed by atoms with E-state index in [2.05, 4.69) is 20.8 Å². The molecule has 0 aromatic carbocycles. The number of rotatable bonds is 4. The average Bonchev–Trinajstić information content (AvgIpc) is 3.34. The molecule has 1 atom stereocenters. The first-order valence-electron chi connectivity index (χ1n) is 8.27. The normalized spacial score (nSPS) is 16.0. The number of amides is 2. The zero-order chi connectivity index (χ0) is 19.1. The quantitative estimate of drug-likeness (QED) is 0.719. The highest BCUT2D eigenvalue weighted by atomic mass is 16.5. The first-order valence-corrected chi connectivity index (χ1v) is 8.27. The van der Waals surface area contributed by atoms with E-state index < -0.39 is 5.91 Å². The van der Waals surface area contributed by atoms with Crippen LogP contribution in [0.5, 0.6) is 5.88 Å². The smallest absolute Gasteiger partial charge is 0.263 e. The third kappa shape index (κ3) is 2.84. The molecule has 0 saturated heterocycles. The molecule has 2 N–H and O–H groups in total. The number of furan rings is 1. The van der Waals surface area contributed by atoms with E-state index in [-0.39, 0.29) is 29.7 Å². The Morgan fingerprint density at radius 3 is 2.93 bits per heavy atom. The van der Waals surface area contributed by atoms with Crippen LogP contribution in [0.3, 0.4) is 0 Å². The van der Waals surface area contributed by atoms with E-state index in [4.69, 9.17) is 9.15 Å². The molecule has 0 unspecified atom stereocenters. The van der Waals surface area contributed by atoms with Crippen LogP contribution in [-0.2, 0) is 18.9 Å². The summed E-state index contributed by atoms with van der Waals surface area (Å²) in [6.45, 7) is 0. The summed E-state index contributed by atoms with van der Waals surface area (Å²) < 4.78 is 13.7. The molecule has 2 amide bonds. The predicted octanol–water partition coefficient (Wildman–Crippen LogP) is 1.48. The van der Waals surface area contributed by atoms with E-state index in [1.165, 1.54) is 16.5 Å². The molecule has 1 aliphatic rings. The number of aryl methyl sites for hydroxylation is 2. The molecule has 1 aliphatic heterocycles. The van der Waals surface area contributed by atoms with Gasteiger partial charge in [-0.25, -0.2) is 0 Å². The van der Waals surface area contributed by atoms with Crippen LogP contribution in [0.2, 0.25) is 0 Å². The molecule has 0 radical (unpaired) electrons. The van der Waals surface area contributed by atoms with Crippen molar-refractivity contribution in [3.63, 3.8) is 0 Å². The number of hydrogen-bond donors (Lipinski definition) is 2. The van der Waals surface area contributed by atoms with Crippen molar-refractivity contribution in [3.8, 4) is 5.88 Å². The van der Waals surface area contributed by atoms with Crippen molar-refractivity contribution >= 4 is 23.5 Å². The lowest BCUT2D eigenvalue weighted by atomic mass is 9.91. The Labute approximate surface area is 154 Å². The topological polar surface area (TPSA) is 116 Å². The van der Waals surface area contributed by atoms with E-state index in [1.54, 1.807) is 38.7 Å². The molecular weight excluding hydrogens is 352 g/mol. The van der Waals surface area contributed by atoms with Crippen molar-refractivity contribution in [2.75, 3.05) is 17.7 Å². The first kappa shape index (κ1) is 16.9. The molecule has 10 nitrogen and oxygen atoms in total. The molecule has 0 spiro atoms. The van der Waals surface area contributed by atoms with Crippen LogP contribution in [0.25, 0.3) is 0 Å². The molecule has 0 saturated carbocycles. The number of methoxy groups -OCH3 is 1. The number of nitrogens with zero attached hydrogens (tertiary/aromatic N) is 4. The largest absolute Gasteiger partial charge is 0.479 e. The lowest BCUT2D eigenvalue weighted by Crippen LogP contribution is -2.25. The average molecular weight is 370 g/mol. The molecule has 0 bridgehead atoms. The van der Waals surface area contributed by atoms with Crippen LogP contribution in [0.4, 0.5) is 11.6 Å². The summed E-state index contributed by atoms with van der Waals surface area (Å²) in [4.78, 5) is 24.9. The number of aromatic nitrogens is 4. The van der Waals surface area contributed by atoms with E-state index >= 15 is 0 Å². The highest BCUT2D eigenvalue weighted by Gasteiger charge is 2.35. The summed E-state index contributed by atoms with van der Waals surface area (Å²) in [5, 5.41) is 14.1. The maximum Gasteiger partial charge on any atom is 0.263 e. The Hall–Kier alpha value is -3.56. The molecule has 3 aromatic rings. The molecule has 140 valence electrons. The Morgan fingerprint density at radius 2 is 2.22 bits per heavy atom. The van der Waals surface area contributed by atoms with Gasteiger partial charge in [0.2, 0.25) is 11.8 Å². The van der Waals surface area contributed by atoms with Crippen LogP contribution in [0.1, 0.15) is 34.0 Å². The fourth-order valence-electron chi connectivity index (χ4n) is 3.26. The van der Waals surface area contributed by atoms with Gasteiger partial charge in [0, 0.05) is 26.7 Å². The lowest BCUT2D eigenvalue weighted by molar-refractivity contribution is -0.116. The summed E-state index contributed by atoms with van der Waals surface area (Å²) >= 11 is 0. The van der Waals surface area contributed by atoms with Gasteiger partial charge in [-0.3, -0.25) is 19.0 Å². The van der Waals surface area contributed by atoms with Gasteiger partial charge in [0.1, 0.15) is 17.1 Å². The van der Waals surface area contributed by atoms with Crippen LogP contribution in [-0.4, -0.2) is 38.5 Å². The van der Waals surface area contributed by atoms with Crippen molar-refractivity contribution in [2.45, 2.75) is 12.3 Å². The van der Waals surface area contributed by atoms with Crippen LogP contribution < -0.4 is 15.4 Å². The van der Waals surface area contributed by atoms with Crippen molar-refractivity contribution in [2.24, 2.45) is 14.1 Å². The minimum atomic E-state index is -0.407. The van der Waals surface area contributed by atoms with Crippen LogP contribution >= 0.6 is 0 Å². The summed E-state index contributed by atoms with van der Waals surface area (Å²) in [5.74, 6) is 0.841. The van der Waals surface area contributed by atoms with Crippen molar-refractivity contribution in [1.29, 1.82) is 0 Å². The Kier molecular flexibility index (Phi) is 3.94. The van der Waals surface area contributed by atoms with Gasteiger partial charge in [0.25, 0.3) is 5.91 Å². The van der Waals surface area contributed by atoms with Gasteiger partial charge in [0.15, 0.2) is 5.82 Å². The summed E-state index contributed by atoms with van der Waals surface area (Å²) in [6, 6.07) is 3.56. The van der Waals surface area contributed by atoms with E-state index in [0.29, 0.717) is 23.0 Å². The van der Waals surface area contributed by atoms with Crippen molar-refractivity contribution in [3.05, 3.63) is 41.5 Å². The number of fused-ring (bicyclic) bond motifs is 1. The molecule has 10 heteroatoms. The predicted molar refractivity (Wildman–Crippen MR) is 94.7 cm³/mol. The highest BCUT2D eigenvalue weighted by molar-refractivity contribution is 6.06. The fraction of sp³-hybridized carbons (Fsp3) is 0.294. The van der Waals surface area contributed by atoms with Crippen molar-refractivity contribution < 1.29 is 18.7 Å². The number of carbonyl (C=O) groups excluding carboxylic acids is 2. The van der Waals surface area contributed by atoms with Gasteiger partial charge >= 0.3 is 0 Å².